The van der Waals surface area contributed by atoms with E-state index in [9.17, 15) is 19.5 Å². The van der Waals surface area contributed by atoms with Gasteiger partial charge in [0.2, 0.25) is 0 Å². The van der Waals surface area contributed by atoms with Gasteiger partial charge in [-0.2, -0.15) is 0 Å². The Morgan fingerprint density at radius 3 is 0.892 bits per heavy atom. The van der Waals surface area contributed by atoms with Gasteiger partial charge in [0, 0.05) is 12.8 Å². The van der Waals surface area contributed by atoms with Gasteiger partial charge in [0.1, 0.15) is 13.2 Å². The molecular formula is C74H144NO8+. The summed E-state index contributed by atoms with van der Waals surface area (Å²) in [4.78, 5) is 37.5. The summed E-state index contributed by atoms with van der Waals surface area (Å²) in [6, 6.07) is 0. The second kappa shape index (κ2) is 66.0. The zero-order chi connectivity index (χ0) is 60.5. The number of carboxylic acids is 1. The summed E-state index contributed by atoms with van der Waals surface area (Å²) < 4.78 is 23.0. The Morgan fingerprint density at radius 1 is 0.349 bits per heavy atom. The predicted molar refractivity (Wildman–Crippen MR) is 355 cm³/mol. The Morgan fingerprint density at radius 2 is 0.614 bits per heavy atom. The molecule has 1 N–H and O–H groups in total. The fourth-order valence-electron chi connectivity index (χ4n) is 11.4. The van der Waals surface area contributed by atoms with E-state index >= 15 is 0 Å². The third kappa shape index (κ3) is 67.4. The van der Waals surface area contributed by atoms with Gasteiger partial charge < -0.3 is 28.5 Å². The molecule has 0 bridgehead atoms. The molecule has 9 nitrogen and oxygen atoms in total. The average molecular weight is 1180 g/mol. The number of nitrogens with zero attached hydrogens (tertiary/aromatic N) is 1. The first-order chi connectivity index (χ1) is 40.6. The van der Waals surface area contributed by atoms with E-state index < -0.39 is 18.4 Å². The summed E-state index contributed by atoms with van der Waals surface area (Å²) in [7, 11) is 5.99. The zero-order valence-electron chi connectivity index (χ0n) is 56.4. The summed E-state index contributed by atoms with van der Waals surface area (Å²) in [5, 5.41) is 9.73. The van der Waals surface area contributed by atoms with Crippen LogP contribution in [0.1, 0.15) is 386 Å². The fraction of sp³-hybridized carbons (Fsp3) is 0.932. The summed E-state index contributed by atoms with van der Waals surface area (Å²) in [6.45, 7) is 4.95. The molecule has 0 saturated carbocycles. The van der Waals surface area contributed by atoms with Gasteiger partial charge in [-0.05, 0) is 38.5 Å². The molecule has 0 saturated heterocycles. The lowest BCUT2D eigenvalue weighted by molar-refractivity contribution is -0.870. The predicted octanol–water partition coefficient (Wildman–Crippen LogP) is 22.8. The lowest BCUT2D eigenvalue weighted by atomic mass is 10.0. The number of quaternary nitrogens is 1. The Hall–Kier alpha value is -1.97. The summed E-state index contributed by atoms with van der Waals surface area (Å²) in [5.41, 5.74) is 0. The first-order valence-corrected chi connectivity index (χ1v) is 36.9. The molecule has 0 aliphatic heterocycles. The van der Waals surface area contributed by atoms with Gasteiger partial charge in [-0.15, -0.1) is 0 Å². The van der Waals surface area contributed by atoms with Crippen LogP contribution in [0.25, 0.3) is 0 Å². The number of rotatable bonds is 70. The van der Waals surface area contributed by atoms with Crippen molar-refractivity contribution < 1.29 is 42.9 Å². The minimum Gasteiger partial charge on any atom is -0.477 e. The first-order valence-electron chi connectivity index (χ1n) is 36.9. The van der Waals surface area contributed by atoms with E-state index in [1.54, 1.807) is 0 Å². The van der Waals surface area contributed by atoms with Crippen LogP contribution in [0.3, 0.4) is 0 Å². The van der Waals surface area contributed by atoms with Crippen LogP contribution in [-0.4, -0.2) is 87.4 Å². The minimum atomic E-state index is -1.50. The van der Waals surface area contributed by atoms with E-state index in [-0.39, 0.29) is 38.2 Å². The second-order valence-electron chi connectivity index (χ2n) is 26.6. The summed E-state index contributed by atoms with van der Waals surface area (Å²) in [6.07, 6.45) is 77.9. The molecule has 0 spiro atoms. The van der Waals surface area contributed by atoms with E-state index in [4.69, 9.17) is 18.9 Å². The minimum absolute atomic E-state index is 0.173. The van der Waals surface area contributed by atoms with Crippen molar-refractivity contribution in [1.29, 1.82) is 0 Å². The number of allylic oxidation sites excluding steroid dienone is 2. The third-order valence-electron chi connectivity index (χ3n) is 17.0. The quantitative estimate of drug-likeness (QED) is 0.0211. The number of unbranched alkanes of at least 4 members (excludes halogenated alkanes) is 53. The molecule has 0 aliphatic carbocycles. The topological polar surface area (TPSA) is 108 Å². The molecule has 0 aliphatic rings. The van der Waals surface area contributed by atoms with Gasteiger partial charge in [0.15, 0.2) is 6.10 Å². The molecule has 0 aromatic carbocycles. The van der Waals surface area contributed by atoms with Crippen molar-refractivity contribution >= 4 is 17.9 Å². The number of ether oxygens (including phenoxy) is 4. The maximum absolute atomic E-state index is 12.9. The van der Waals surface area contributed by atoms with Crippen molar-refractivity contribution in [3.63, 3.8) is 0 Å². The van der Waals surface area contributed by atoms with Gasteiger partial charge in [0.25, 0.3) is 6.29 Å². The van der Waals surface area contributed by atoms with Crippen molar-refractivity contribution in [2.24, 2.45) is 0 Å². The number of hydrogen-bond donors (Lipinski definition) is 1. The van der Waals surface area contributed by atoms with E-state index in [1.807, 2.05) is 21.1 Å². The van der Waals surface area contributed by atoms with Gasteiger partial charge >= 0.3 is 17.9 Å². The third-order valence-corrected chi connectivity index (χ3v) is 17.0. The van der Waals surface area contributed by atoms with Crippen LogP contribution in [0.4, 0.5) is 0 Å². The van der Waals surface area contributed by atoms with Crippen LogP contribution in [0.5, 0.6) is 0 Å². The molecule has 0 fully saturated rings. The number of aliphatic carboxylic acids is 1. The largest absolute Gasteiger partial charge is 0.477 e. The summed E-state index contributed by atoms with van der Waals surface area (Å²) >= 11 is 0. The number of esters is 2. The Bertz CT molecular complexity index is 1370. The van der Waals surface area contributed by atoms with Crippen molar-refractivity contribution in [3.05, 3.63) is 12.2 Å². The van der Waals surface area contributed by atoms with Crippen LogP contribution in [0.2, 0.25) is 0 Å². The highest BCUT2D eigenvalue weighted by atomic mass is 16.7. The molecule has 0 radical (unpaired) electrons. The van der Waals surface area contributed by atoms with Gasteiger partial charge in [-0.25, -0.2) is 4.79 Å². The maximum atomic E-state index is 12.9. The number of carbonyl (C=O) groups excluding carboxylic acids is 2. The van der Waals surface area contributed by atoms with Crippen LogP contribution < -0.4 is 0 Å². The molecule has 2 unspecified atom stereocenters. The molecule has 0 aromatic heterocycles. The fourth-order valence-corrected chi connectivity index (χ4v) is 11.4. The second-order valence-corrected chi connectivity index (χ2v) is 26.6. The summed E-state index contributed by atoms with van der Waals surface area (Å²) in [5.74, 6) is -1.97. The van der Waals surface area contributed by atoms with Crippen LogP contribution in [0.15, 0.2) is 12.2 Å². The van der Waals surface area contributed by atoms with E-state index in [2.05, 4.69) is 26.0 Å². The van der Waals surface area contributed by atoms with Crippen LogP contribution in [-0.2, 0) is 33.3 Å². The number of hydrogen-bond acceptors (Lipinski definition) is 7. The van der Waals surface area contributed by atoms with Crippen molar-refractivity contribution in [2.45, 2.75) is 399 Å². The van der Waals surface area contributed by atoms with Crippen LogP contribution in [0, 0.1) is 0 Å². The smallest absolute Gasteiger partial charge is 0.361 e. The molecule has 0 rings (SSSR count). The first kappa shape index (κ1) is 81.0. The van der Waals surface area contributed by atoms with Gasteiger partial charge in [-0.3, -0.25) is 9.59 Å². The van der Waals surface area contributed by atoms with Crippen molar-refractivity contribution in [3.8, 4) is 0 Å². The van der Waals surface area contributed by atoms with E-state index in [0.29, 0.717) is 17.4 Å². The van der Waals surface area contributed by atoms with E-state index in [1.165, 1.54) is 321 Å². The molecule has 0 amide bonds. The lowest BCUT2D eigenvalue weighted by Gasteiger charge is -2.25. The molecule has 2 atom stereocenters. The molecular weight excluding hydrogens is 1030 g/mol. The lowest BCUT2D eigenvalue weighted by Crippen LogP contribution is -2.40. The zero-order valence-corrected chi connectivity index (χ0v) is 56.4. The van der Waals surface area contributed by atoms with Gasteiger partial charge in [0.05, 0.1) is 34.4 Å². The average Bonchev–Trinajstić information content (AvgIpc) is 3.46. The molecule has 0 aromatic rings. The normalized spacial score (nSPS) is 12.6. The molecule has 83 heavy (non-hydrogen) atoms. The Kier molecular flexibility index (Phi) is 64.4. The van der Waals surface area contributed by atoms with Crippen molar-refractivity contribution in [2.75, 3.05) is 47.5 Å². The highest BCUT2D eigenvalue weighted by molar-refractivity contribution is 5.71. The Balaban J connectivity index is 3.88. The monoisotopic (exact) mass is 1180 g/mol. The SMILES string of the molecule is CCCCCCCCCC/C=C\CCCCCCCCCCCCCCCCCCCCCCCCCCCCCCCC(=O)OC(COC(=O)CCCCCCCCCCCCCCCCCCC)COC(OCC[N+](C)(C)C)C(=O)O. The number of likely N-dealkylation sites (N-methyl/N-ethyl adjacent to an activating group) is 1. The van der Waals surface area contributed by atoms with Crippen LogP contribution >= 0.6 is 0 Å². The molecule has 9 heteroatoms. The standard InChI is InChI=1S/C74H143NO8/c1-6-8-10-12-14-16-18-20-22-24-25-26-27-28-29-30-31-32-33-34-35-36-37-38-39-40-41-42-43-44-45-46-47-49-51-53-55-57-59-61-63-65-72(77)83-70(69-82-74(73(78)79)80-67-66-75(3,4)5)68-81-71(76)64-62-60-58-56-54-52-50-48-23-21-19-17-15-13-11-9-7-2/h24-25,70,74H,6-23,26-69H2,1-5H3/p+1/b25-24-. The van der Waals surface area contributed by atoms with Gasteiger partial charge in [-0.1, -0.05) is 347 Å². The maximum Gasteiger partial charge on any atom is 0.361 e. The van der Waals surface area contributed by atoms with E-state index in [0.717, 1.165) is 38.5 Å². The molecule has 0 heterocycles. The Labute approximate surface area is 516 Å². The highest BCUT2D eigenvalue weighted by Gasteiger charge is 2.25. The molecule has 492 valence electrons. The van der Waals surface area contributed by atoms with Crippen molar-refractivity contribution in [1.82, 2.24) is 0 Å². The number of carbonyl (C=O) groups is 3. The highest BCUT2D eigenvalue weighted by Crippen LogP contribution is 2.20. The number of carboxylic acid groups (broad SMARTS) is 1.